The van der Waals surface area contributed by atoms with Crippen molar-refractivity contribution >= 4 is 33.6 Å². The van der Waals surface area contributed by atoms with E-state index in [2.05, 4.69) is 9.97 Å². The molecule has 0 N–H and O–H groups in total. The van der Waals surface area contributed by atoms with Gasteiger partial charge in [0.15, 0.2) is 0 Å². The lowest BCUT2D eigenvalue weighted by Gasteiger charge is -2.13. The molecule has 0 radical (unpaired) electrons. The molecule has 4 nitrogen and oxygen atoms in total. The number of nitrogens with zero attached hydrogens (tertiary/aromatic N) is 2. The highest BCUT2D eigenvalue weighted by atomic mass is 32.2. The van der Waals surface area contributed by atoms with Crippen molar-refractivity contribution in [1.82, 2.24) is 9.97 Å². The highest BCUT2D eigenvalue weighted by Crippen LogP contribution is 2.43. The van der Waals surface area contributed by atoms with Crippen molar-refractivity contribution in [2.75, 3.05) is 14.2 Å². The van der Waals surface area contributed by atoms with Gasteiger partial charge in [-0.3, -0.25) is 9.97 Å². The summed E-state index contributed by atoms with van der Waals surface area (Å²) in [6.07, 6.45) is 3.67. The van der Waals surface area contributed by atoms with Crippen LogP contribution in [0.2, 0.25) is 0 Å². The largest absolute Gasteiger partial charge is 0.495 e. The molecule has 4 rings (SSSR count). The first-order valence-corrected chi connectivity index (χ1v) is 8.65. The molecule has 0 unspecified atom stereocenters. The van der Waals surface area contributed by atoms with E-state index in [1.807, 2.05) is 60.9 Å². The van der Waals surface area contributed by atoms with Crippen LogP contribution in [0.15, 0.2) is 70.7 Å². The van der Waals surface area contributed by atoms with Gasteiger partial charge in [0, 0.05) is 23.2 Å². The zero-order valence-corrected chi connectivity index (χ0v) is 14.7. The second-order valence-corrected chi connectivity index (χ2v) is 6.53. The molecule has 0 fully saturated rings. The van der Waals surface area contributed by atoms with Crippen LogP contribution in [-0.2, 0) is 0 Å². The number of hydrogen-bond acceptors (Lipinski definition) is 5. The summed E-state index contributed by atoms with van der Waals surface area (Å²) >= 11 is 1.54. The molecule has 2 heterocycles. The standard InChI is InChI=1S/C20H16N2O2S/c1-23-19-13-7-3-5-9-15(13)21-11-17(19)25-18-12-22-16-10-6-4-8-14(16)20(18)24-2/h3-12H,1-2H3. The number of fused-ring (bicyclic) bond motifs is 2. The zero-order chi connectivity index (χ0) is 17.2. The molecule has 124 valence electrons. The fourth-order valence-electron chi connectivity index (χ4n) is 2.88. The first-order chi connectivity index (χ1) is 12.3. The number of aromatic nitrogens is 2. The average Bonchev–Trinajstić information content (AvgIpc) is 2.67. The molecule has 4 aromatic rings. The van der Waals surface area contributed by atoms with Crippen LogP contribution in [0, 0.1) is 0 Å². The molecule has 0 bridgehead atoms. The van der Waals surface area contributed by atoms with Gasteiger partial charge in [0.2, 0.25) is 0 Å². The van der Waals surface area contributed by atoms with Crippen LogP contribution >= 0.6 is 11.8 Å². The Morgan fingerprint density at radius 3 is 1.56 bits per heavy atom. The van der Waals surface area contributed by atoms with Crippen LogP contribution in [0.3, 0.4) is 0 Å². The Kier molecular flexibility index (Phi) is 4.15. The van der Waals surface area contributed by atoms with E-state index >= 15 is 0 Å². The lowest BCUT2D eigenvalue weighted by atomic mass is 10.2. The van der Waals surface area contributed by atoms with E-state index in [-0.39, 0.29) is 0 Å². The normalized spacial score (nSPS) is 11.0. The van der Waals surface area contributed by atoms with E-state index in [0.29, 0.717) is 0 Å². The lowest BCUT2D eigenvalue weighted by molar-refractivity contribution is 0.407. The molecule has 0 spiro atoms. The molecule has 0 aliphatic rings. The molecule has 2 aromatic heterocycles. The van der Waals surface area contributed by atoms with Crippen LogP contribution in [0.25, 0.3) is 21.8 Å². The maximum Gasteiger partial charge on any atom is 0.143 e. The smallest absolute Gasteiger partial charge is 0.143 e. The van der Waals surface area contributed by atoms with Crippen molar-refractivity contribution in [3.05, 3.63) is 60.9 Å². The molecule has 2 aromatic carbocycles. The van der Waals surface area contributed by atoms with Gasteiger partial charge in [-0.25, -0.2) is 0 Å². The third-order valence-electron chi connectivity index (χ3n) is 4.01. The van der Waals surface area contributed by atoms with Crippen LogP contribution in [0.4, 0.5) is 0 Å². The maximum absolute atomic E-state index is 5.67. The maximum atomic E-state index is 5.67. The van der Waals surface area contributed by atoms with Gasteiger partial charge in [0.25, 0.3) is 0 Å². The minimum atomic E-state index is 0.811. The Hall–Kier alpha value is -2.79. The van der Waals surface area contributed by atoms with Crippen molar-refractivity contribution in [2.24, 2.45) is 0 Å². The van der Waals surface area contributed by atoms with E-state index < -0.39 is 0 Å². The zero-order valence-electron chi connectivity index (χ0n) is 13.9. The molecule has 5 heteroatoms. The molecular formula is C20H16N2O2S. The molecular weight excluding hydrogens is 332 g/mol. The molecule has 0 aliphatic heterocycles. The third kappa shape index (κ3) is 2.76. The Morgan fingerprint density at radius 2 is 1.12 bits per heavy atom. The second-order valence-electron chi connectivity index (χ2n) is 5.45. The van der Waals surface area contributed by atoms with Crippen molar-refractivity contribution in [3.63, 3.8) is 0 Å². The highest BCUT2D eigenvalue weighted by molar-refractivity contribution is 7.99. The third-order valence-corrected chi connectivity index (χ3v) is 5.04. The Bertz CT molecular complexity index is 981. The molecule has 0 atom stereocenters. The van der Waals surface area contributed by atoms with Gasteiger partial charge in [-0.1, -0.05) is 36.0 Å². The topological polar surface area (TPSA) is 44.2 Å². The fourth-order valence-corrected chi connectivity index (χ4v) is 3.90. The Balaban J connectivity index is 1.85. The SMILES string of the molecule is COc1c(Sc2cnc3ccccc3c2OC)cnc2ccccc12. The number of benzene rings is 2. The van der Waals surface area contributed by atoms with Crippen molar-refractivity contribution in [1.29, 1.82) is 0 Å². The molecule has 0 saturated heterocycles. The molecule has 0 saturated carbocycles. The van der Waals surface area contributed by atoms with E-state index in [0.717, 1.165) is 43.1 Å². The first kappa shape index (κ1) is 15.7. The van der Waals surface area contributed by atoms with Gasteiger partial charge in [0.1, 0.15) is 11.5 Å². The van der Waals surface area contributed by atoms with Gasteiger partial charge < -0.3 is 9.47 Å². The van der Waals surface area contributed by atoms with Gasteiger partial charge in [0.05, 0.1) is 35.0 Å². The number of hydrogen-bond donors (Lipinski definition) is 0. The summed E-state index contributed by atoms with van der Waals surface area (Å²) in [6, 6.07) is 15.9. The summed E-state index contributed by atoms with van der Waals surface area (Å²) in [7, 11) is 3.36. The summed E-state index contributed by atoms with van der Waals surface area (Å²) in [5.74, 6) is 1.62. The molecule has 0 aliphatic carbocycles. The predicted octanol–water partition coefficient (Wildman–Crippen LogP) is 4.95. The molecule has 0 amide bonds. The van der Waals surface area contributed by atoms with Crippen molar-refractivity contribution < 1.29 is 9.47 Å². The number of methoxy groups -OCH3 is 2. The van der Waals surface area contributed by atoms with Crippen LogP contribution in [0.5, 0.6) is 11.5 Å². The summed E-state index contributed by atoms with van der Waals surface area (Å²) in [4.78, 5) is 10.9. The van der Waals surface area contributed by atoms with Crippen molar-refractivity contribution in [3.8, 4) is 11.5 Å². The summed E-state index contributed by atoms with van der Waals surface area (Å²) in [5, 5.41) is 1.98. The van der Waals surface area contributed by atoms with E-state index in [4.69, 9.17) is 9.47 Å². The van der Waals surface area contributed by atoms with E-state index in [1.165, 1.54) is 0 Å². The number of pyridine rings is 2. The monoisotopic (exact) mass is 348 g/mol. The first-order valence-electron chi connectivity index (χ1n) is 7.83. The Morgan fingerprint density at radius 1 is 0.680 bits per heavy atom. The quantitative estimate of drug-likeness (QED) is 0.522. The van der Waals surface area contributed by atoms with Crippen LogP contribution in [-0.4, -0.2) is 24.2 Å². The fraction of sp³-hybridized carbons (Fsp3) is 0.100. The lowest BCUT2D eigenvalue weighted by Crippen LogP contribution is -1.93. The predicted molar refractivity (Wildman–Crippen MR) is 101 cm³/mol. The van der Waals surface area contributed by atoms with Gasteiger partial charge in [-0.2, -0.15) is 0 Å². The Labute approximate surface area is 149 Å². The van der Waals surface area contributed by atoms with E-state index in [1.54, 1.807) is 26.0 Å². The number of para-hydroxylation sites is 2. The minimum Gasteiger partial charge on any atom is -0.495 e. The van der Waals surface area contributed by atoms with Gasteiger partial charge in [-0.05, 0) is 24.3 Å². The van der Waals surface area contributed by atoms with Gasteiger partial charge >= 0.3 is 0 Å². The van der Waals surface area contributed by atoms with Gasteiger partial charge in [-0.15, -0.1) is 0 Å². The second kappa shape index (κ2) is 6.61. The molecule has 25 heavy (non-hydrogen) atoms. The van der Waals surface area contributed by atoms with Crippen molar-refractivity contribution in [2.45, 2.75) is 9.79 Å². The summed E-state index contributed by atoms with van der Waals surface area (Å²) in [6.45, 7) is 0. The van der Waals surface area contributed by atoms with E-state index in [9.17, 15) is 0 Å². The minimum absolute atomic E-state index is 0.811. The average molecular weight is 348 g/mol. The summed E-state index contributed by atoms with van der Waals surface area (Å²) < 4.78 is 11.3. The highest BCUT2D eigenvalue weighted by Gasteiger charge is 2.15. The van der Waals surface area contributed by atoms with Crippen LogP contribution < -0.4 is 9.47 Å². The number of ether oxygens (including phenoxy) is 2. The number of rotatable bonds is 4. The summed E-state index contributed by atoms with van der Waals surface area (Å²) in [5.41, 5.74) is 1.82. The van der Waals surface area contributed by atoms with Crippen LogP contribution in [0.1, 0.15) is 0 Å².